The molecule has 2 heterocycles. The smallest absolute Gasteiger partial charge is 0.399 e. The maximum absolute atomic E-state index is 12.9. The number of hydrogen-bond donors (Lipinski definition) is 4. The maximum atomic E-state index is 12.9. The lowest BCUT2D eigenvalue weighted by Gasteiger charge is -2.13. The van der Waals surface area contributed by atoms with Crippen LogP contribution in [-0.4, -0.2) is 26.5 Å². The van der Waals surface area contributed by atoms with Crippen molar-refractivity contribution in [1.82, 2.24) is 19.9 Å². The summed E-state index contributed by atoms with van der Waals surface area (Å²) in [6.07, 6.45) is 1.16. The Hall–Kier alpha value is -3.30. The molecule has 10 heteroatoms. The van der Waals surface area contributed by atoms with E-state index in [-0.39, 0.29) is 17.3 Å². The van der Waals surface area contributed by atoms with Crippen molar-refractivity contribution in [2.24, 2.45) is 0 Å². The van der Waals surface area contributed by atoms with Crippen molar-refractivity contribution >= 4 is 23.1 Å². The number of aryl methyl sites for hydroxylation is 1. The van der Waals surface area contributed by atoms with Gasteiger partial charge in [0.05, 0.1) is 11.9 Å². The number of nitrogens with zero attached hydrogens (tertiary/aromatic N) is 3. The number of aromatic nitrogens is 4. The van der Waals surface area contributed by atoms with Crippen LogP contribution in [0.5, 0.6) is 0 Å². The zero-order chi connectivity index (χ0) is 19.4. The molecule has 27 heavy (non-hydrogen) atoms. The normalized spacial score (nSPS) is 11.4. The van der Waals surface area contributed by atoms with E-state index in [2.05, 4.69) is 30.6 Å². The lowest BCUT2D eigenvalue weighted by Crippen LogP contribution is -2.10. The number of alkyl halides is 3. The first-order chi connectivity index (χ1) is 12.8. The molecule has 0 aliphatic carbocycles. The zero-order valence-electron chi connectivity index (χ0n) is 14.4. The van der Waals surface area contributed by atoms with Crippen LogP contribution in [0.4, 0.5) is 36.3 Å². The van der Waals surface area contributed by atoms with Crippen LogP contribution in [0.3, 0.4) is 0 Å². The van der Waals surface area contributed by atoms with E-state index < -0.39 is 11.7 Å². The van der Waals surface area contributed by atoms with Crippen molar-refractivity contribution in [2.75, 3.05) is 22.9 Å². The fourth-order valence-electron chi connectivity index (χ4n) is 2.43. The van der Waals surface area contributed by atoms with Gasteiger partial charge in [-0.05, 0) is 25.1 Å². The number of imidazole rings is 1. The number of halogens is 3. The summed E-state index contributed by atoms with van der Waals surface area (Å²) in [6.45, 7) is 2.45. The van der Waals surface area contributed by atoms with Crippen LogP contribution in [0.1, 0.15) is 16.8 Å². The molecule has 2 aromatic heterocycles. The van der Waals surface area contributed by atoms with E-state index in [1.807, 2.05) is 6.92 Å². The van der Waals surface area contributed by atoms with E-state index >= 15 is 0 Å². The molecule has 0 amide bonds. The Morgan fingerprint density at radius 2 is 2.00 bits per heavy atom. The highest BCUT2D eigenvalue weighted by atomic mass is 19.4. The Morgan fingerprint density at radius 3 is 2.70 bits per heavy atom. The number of rotatable bonds is 6. The molecule has 0 atom stereocenters. The summed E-state index contributed by atoms with van der Waals surface area (Å²) in [6, 6.07) is 3.23. The average molecular weight is 377 g/mol. The molecule has 0 aliphatic rings. The van der Waals surface area contributed by atoms with Crippen LogP contribution < -0.4 is 16.4 Å². The Morgan fingerprint density at radius 1 is 1.19 bits per heavy atom. The molecule has 3 rings (SSSR count). The first-order valence-electron chi connectivity index (χ1n) is 8.11. The number of nitrogens with two attached hydrogens (primary N) is 1. The van der Waals surface area contributed by atoms with Crippen LogP contribution in [0, 0.1) is 6.92 Å². The predicted molar refractivity (Wildman–Crippen MR) is 96.7 cm³/mol. The summed E-state index contributed by atoms with van der Waals surface area (Å²) >= 11 is 0. The van der Waals surface area contributed by atoms with E-state index in [9.17, 15) is 13.2 Å². The molecule has 0 unspecified atom stereocenters. The number of anilines is 4. The monoisotopic (exact) mass is 377 g/mol. The molecule has 3 aromatic rings. The molecule has 0 fully saturated rings. The average Bonchev–Trinajstić information content (AvgIpc) is 3.10. The van der Waals surface area contributed by atoms with E-state index in [1.54, 1.807) is 18.7 Å². The van der Waals surface area contributed by atoms with E-state index in [0.717, 1.165) is 29.8 Å². The van der Waals surface area contributed by atoms with E-state index in [4.69, 9.17) is 5.73 Å². The van der Waals surface area contributed by atoms with Gasteiger partial charge in [-0.3, -0.25) is 0 Å². The summed E-state index contributed by atoms with van der Waals surface area (Å²) in [5.41, 5.74) is 6.69. The summed E-state index contributed by atoms with van der Waals surface area (Å²) in [5.74, 6) is 0.760. The first kappa shape index (κ1) is 18.5. The van der Waals surface area contributed by atoms with Crippen LogP contribution in [0.2, 0.25) is 0 Å². The summed E-state index contributed by atoms with van der Waals surface area (Å²) < 4.78 is 38.8. The molecule has 1 aromatic carbocycles. The Labute approximate surface area is 153 Å². The largest absolute Gasteiger partial charge is 0.416 e. The van der Waals surface area contributed by atoms with Gasteiger partial charge in [0.15, 0.2) is 0 Å². The number of nitrogen functional groups attached to an aromatic ring is 1. The second-order valence-electron chi connectivity index (χ2n) is 5.95. The van der Waals surface area contributed by atoms with Crippen LogP contribution >= 0.6 is 0 Å². The summed E-state index contributed by atoms with van der Waals surface area (Å²) in [4.78, 5) is 15.4. The van der Waals surface area contributed by atoms with E-state index in [0.29, 0.717) is 12.4 Å². The standard InChI is InChI=1S/C17H18F3N7/c1-10-7-24-16(27-15(10)23-3-2-13-8-22-9-25-13)26-14-5-11(17(18,19)20)4-12(21)6-14/h4-9H,2-3,21H2,1H3,(H,22,25)(H2,23,24,26,27). The van der Waals surface area contributed by atoms with Crippen LogP contribution in [0.25, 0.3) is 0 Å². The van der Waals surface area contributed by atoms with Crippen LogP contribution in [-0.2, 0) is 12.6 Å². The molecule has 5 N–H and O–H groups in total. The number of H-pyrrole nitrogens is 1. The van der Waals surface area contributed by atoms with Gasteiger partial charge in [0.1, 0.15) is 5.82 Å². The van der Waals surface area contributed by atoms with Gasteiger partial charge >= 0.3 is 6.18 Å². The molecular weight excluding hydrogens is 359 g/mol. The summed E-state index contributed by atoms with van der Waals surface area (Å²) in [7, 11) is 0. The second-order valence-corrected chi connectivity index (χ2v) is 5.95. The quantitative estimate of drug-likeness (QED) is 0.490. The predicted octanol–water partition coefficient (Wildman–Crippen LogP) is 3.51. The minimum atomic E-state index is -4.49. The number of benzene rings is 1. The molecule has 0 radical (unpaired) electrons. The highest BCUT2D eigenvalue weighted by molar-refractivity contribution is 5.63. The Bertz CT molecular complexity index is 907. The van der Waals surface area contributed by atoms with Crippen molar-refractivity contribution in [3.63, 3.8) is 0 Å². The van der Waals surface area contributed by atoms with Gasteiger partial charge in [0, 0.05) is 48.0 Å². The van der Waals surface area contributed by atoms with E-state index in [1.165, 1.54) is 6.07 Å². The van der Waals surface area contributed by atoms with Crippen molar-refractivity contribution in [2.45, 2.75) is 19.5 Å². The Balaban J connectivity index is 1.73. The third-order valence-electron chi connectivity index (χ3n) is 3.75. The number of hydrogen-bond acceptors (Lipinski definition) is 6. The third-order valence-corrected chi connectivity index (χ3v) is 3.75. The molecule has 0 bridgehead atoms. The molecule has 0 saturated carbocycles. The number of aromatic amines is 1. The molecule has 0 aliphatic heterocycles. The van der Waals surface area contributed by atoms with Gasteiger partial charge in [-0.2, -0.15) is 18.2 Å². The SMILES string of the molecule is Cc1cnc(Nc2cc(N)cc(C(F)(F)F)c2)nc1NCCc1cnc[nH]1. The van der Waals surface area contributed by atoms with Gasteiger partial charge < -0.3 is 21.4 Å². The second kappa shape index (κ2) is 7.52. The highest BCUT2D eigenvalue weighted by Crippen LogP contribution is 2.33. The minimum Gasteiger partial charge on any atom is -0.399 e. The first-order valence-corrected chi connectivity index (χ1v) is 8.11. The maximum Gasteiger partial charge on any atom is 0.416 e. The third kappa shape index (κ3) is 4.87. The van der Waals surface area contributed by atoms with Gasteiger partial charge in [-0.25, -0.2) is 9.97 Å². The van der Waals surface area contributed by atoms with Gasteiger partial charge in [-0.1, -0.05) is 0 Å². The fraction of sp³-hybridized carbons (Fsp3) is 0.235. The van der Waals surface area contributed by atoms with Crippen molar-refractivity contribution in [3.8, 4) is 0 Å². The molecule has 7 nitrogen and oxygen atoms in total. The molecular formula is C17H18F3N7. The summed E-state index contributed by atoms with van der Waals surface area (Å²) in [5, 5.41) is 5.95. The number of nitrogens with one attached hydrogen (secondary N) is 3. The highest BCUT2D eigenvalue weighted by Gasteiger charge is 2.31. The lowest BCUT2D eigenvalue weighted by molar-refractivity contribution is -0.137. The van der Waals surface area contributed by atoms with Gasteiger partial charge in [0.25, 0.3) is 0 Å². The molecule has 0 spiro atoms. The fourth-order valence-corrected chi connectivity index (χ4v) is 2.43. The van der Waals surface area contributed by atoms with Crippen molar-refractivity contribution in [1.29, 1.82) is 0 Å². The lowest BCUT2D eigenvalue weighted by atomic mass is 10.1. The van der Waals surface area contributed by atoms with Crippen molar-refractivity contribution < 1.29 is 13.2 Å². The van der Waals surface area contributed by atoms with Crippen molar-refractivity contribution in [3.05, 3.63) is 53.7 Å². The molecule has 142 valence electrons. The Kier molecular flexibility index (Phi) is 5.15. The topological polar surface area (TPSA) is 105 Å². The van der Waals surface area contributed by atoms with Gasteiger partial charge in [-0.15, -0.1) is 0 Å². The van der Waals surface area contributed by atoms with Gasteiger partial charge in [0.2, 0.25) is 5.95 Å². The van der Waals surface area contributed by atoms with Crippen LogP contribution in [0.15, 0.2) is 36.9 Å². The zero-order valence-corrected chi connectivity index (χ0v) is 14.4. The molecule has 0 saturated heterocycles. The minimum absolute atomic E-state index is 0.00246.